The van der Waals surface area contributed by atoms with Gasteiger partial charge in [0.2, 0.25) is 5.71 Å². The predicted octanol–water partition coefficient (Wildman–Crippen LogP) is 2.04. The molecule has 0 unspecified atom stereocenters. The summed E-state index contributed by atoms with van der Waals surface area (Å²) in [7, 11) is 4.31. The number of para-hydroxylation sites is 1. The zero-order valence-corrected chi connectivity index (χ0v) is 12.9. The molecule has 0 radical (unpaired) electrons. The van der Waals surface area contributed by atoms with Crippen LogP contribution in [-0.4, -0.2) is 35.7 Å². The van der Waals surface area contributed by atoms with Crippen molar-refractivity contribution in [2.75, 3.05) is 14.2 Å². The minimum atomic E-state index is -0.636. The summed E-state index contributed by atoms with van der Waals surface area (Å²) in [5, 5.41) is 8.02. The lowest BCUT2D eigenvalue weighted by atomic mass is 10.2. The average Bonchev–Trinajstić information content (AvgIpc) is 2.79. The maximum atomic E-state index is 11.9. The van der Waals surface area contributed by atoms with E-state index in [0.717, 1.165) is 0 Å². The Morgan fingerprint density at radius 3 is 2.50 bits per heavy atom. The molecule has 22 heavy (non-hydrogen) atoms. The Hall–Kier alpha value is -2.83. The third-order valence-electron chi connectivity index (χ3n) is 2.92. The molecule has 0 bridgehead atoms. The van der Waals surface area contributed by atoms with Gasteiger partial charge in [-0.15, -0.1) is 0 Å². The standard InChI is InChI=1S/C15H17N3O4/c1-10-14(22-11-8-6-5-7-9-11)13(18(2)16-10)12(17-21-4)15(19)20-3/h5-9H,1-4H3. The van der Waals surface area contributed by atoms with E-state index in [4.69, 9.17) is 14.3 Å². The molecule has 0 aliphatic carbocycles. The highest BCUT2D eigenvalue weighted by Crippen LogP contribution is 2.29. The van der Waals surface area contributed by atoms with Gasteiger partial charge in [-0.2, -0.15) is 5.10 Å². The quantitative estimate of drug-likeness (QED) is 0.480. The molecule has 0 atom stereocenters. The van der Waals surface area contributed by atoms with E-state index in [0.29, 0.717) is 22.9 Å². The number of esters is 1. The maximum Gasteiger partial charge on any atom is 0.362 e. The van der Waals surface area contributed by atoms with E-state index in [2.05, 4.69) is 10.3 Å². The van der Waals surface area contributed by atoms with Crippen molar-refractivity contribution in [1.82, 2.24) is 9.78 Å². The number of hydrogen-bond donors (Lipinski definition) is 0. The van der Waals surface area contributed by atoms with Crippen molar-refractivity contribution in [3.63, 3.8) is 0 Å². The number of nitrogens with zero attached hydrogens (tertiary/aromatic N) is 3. The summed E-state index contributed by atoms with van der Waals surface area (Å²) in [6.45, 7) is 1.78. The topological polar surface area (TPSA) is 74.9 Å². The molecule has 1 aromatic carbocycles. The van der Waals surface area contributed by atoms with Crippen LogP contribution in [0.25, 0.3) is 0 Å². The molecule has 0 fully saturated rings. The molecule has 0 N–H and O–H groups in total. The molecule has 1 heterocycles. The normalized spacial score (nSPS) is 11.2. The second kappa shape index (κ2) is 6.75. The number of aromatic nitrogens is 2. The van der Waals surface area contributed by atoms with E-state index in [1.165, 1.54) is 18.9 Å². The van der Waals surface area contributed by atoms with Crippen LogP contribution in [0.4, 0.5) is 0 Å². The number of carbonyl (C=O) groups excluding carboxylic acids is 1. The minimum absolute atomic E-state index is 0.0148. The first-order chi connectivity index (χ1) is 10.6. The molecule has 0 aliphatic heterocycles. The average molecular weight is 303 g/mol. The highest BCUT2D eigenvalue weighted by molar-refractivity contribution is 6.43. The summed E-state index contributed by atoms with van der Waals surface area (Å²) >= 11 is 0. The van der Waals surface area contributed by atoms with Gasteiger partial charge in [0, 0.05) is 7.05 Å². The molecule has 0 saturated carbocycles. The molecular weight excluding hydrogens is 286 g/mol. The monoisotopic (exact) mass is 303 g/mol. The summed E-state index contributed by atoms with van der Waals surface area (Å²) in [6, 6.07) is 9.20. The van der Waals surface area contributed by atoms with Gasteiger partial charge in [-0.25, -0.2) is 4.79 Å². The molecule has 0 saturated heterocycles. The van der Waals surface area contributed by atoms with E-state index in [1.807, 2.05) is 30.3 Å². The number of carbonyl (C=O) groups is 1. The first-order valence-electron chi connectivity index (χ1n) is 6.54. The Balaban J connectivity index is 2.51. The largest absolute Gasteiger partial charge is 0.464 e. The summed E-state index contributed by atoms with van der Waals surface area (Å²) in [6.07, 6.45) is 0. The number of oxime groups is 1. The fourth-order valence-corrected chi connectivity index (χ4v) is 1.99. The second-order valence-electron chi connectivity index (χ2n) is 4.42. The molecule has 0 amide bonds. The lowest BCUT2D eigenvalue weighted by Crippen LogP contribution is -2.21. The van der Waals surface area contributed by atoms with Crippen LogP contribution in [0.3, 0.4) is 0 Å². The Bertz CT molecular complexity index is 692. The van der Waals surface area contributed by atoms with Gasteiger partial charge in [-0.1, -0.05) is 23.4 Å². The van der Waals surface area contributed by atoms with Gasteiger partial charge in [0.15, 0.2) is 5.75 Å². The van der Waals surface area contributed by atoms with E-state index >= 15 is 0 Å². The van der Waals surface area contributed by atoms with Crippen LogP contribution in [-0.2, 0) is 21.4 Å². The fraction of sp³-hybridized carbons (Fsp3) is 0.267. The van der Waals surface area contributed by atoms with Crippen LogP contribution in [0.2, 0.25) is 0 Å². The second-order valence-corrected chi connectivity index (χ2v) is 4.42. The highest BCUT2D eigenvalue weighted by atomic mass is 16.6. The van der Waals surface area contributed by atoms with Crippen LogP contribution in [0.5, 0.6) is 11.5 Å². The van der Waals surface area contributed by atoms with Gasteiger partial charge >= 0.3 is 5.97 Å². The van der Waals surface area contributed by atoms with E-state index in [9.17, 15) is 4.79 Å². The Labute approximate surface area is 128 Å². The van der Waals surface area contributed by atoms with Gasteiger partial charge < -0.3 is 14.3 Å². The third kappa shape index (κ3) is 3.08. The molecule has 7 heteroatoms. The summed E-state index contributed by atoms with van der Waals surface area (Å²) in [4.78, 5) is 16.7. The Morgan fingerprint density at radius 2 is 1.91 bits per heavy atom. The van der Waals surface area contributed by atoms with E-state index < -0.39 is 5.97 Å². The Kier molecular flexibility index (Phi) is 4.77. The summed E-state index contributed by atoms with van der Waals surface area (Å²) in [5.74, 6) is 0.416. The van der Waals surface area contributed by atoms with Gasteiger partial charge in [-0.3, -0.25) is 4.68 Å². The zero-order chi connectivity index (χ0) is 16.1. The van der Waals surface area contributed by atoms with Crippen LogP contribution >= 0.6 is 0 Å². The van der Waals surface area contributed by atoms with Crippen LogP contribution in [0, 0.1) is 6.92 Å². The fourth-order valence-electron chi connectivity index (χ4n) is 1.99. The van der Waals surface area contributed by atoms with Crippen LogP contribution in [0.1, 0.15) is 11.4 Å². The van der Waals surface area contributed by atoms with Crippen molar-refractivity contribution < 1.29 is 19.1 Å². The Morgan fingerprint density at radius 1 is 1.23 bits per heavy atom. The molecule has 0 aliphatic rings. The minimum Gasteiger partial charge on any atom is -0.464 e. The van der Waals surface area contributed by atoms with Gasteiger partial charge in [0.25, 0.3) is 0 Å². The van der Waals surface area contributed by atoms with Gasteiger partial charge in [0.1, 0.15) is 24.2 Å². The lowest BCUT2D eigenvalue weighted by Gasteiger charge is -2.09. The number of hydrogen-bond acceptors (Lipinski definition) is 6. The molecule has 0 spiro atoms. The molecule has 2 rings (SSSR count). The number of benzene rings is 1. The predicted molar refractivity (Wildman–Crippen MR) is 80.0 cm³/mol. The molecule has 116 valence electrons. The summed E-state index contributed by atoms with van der Waals surface area (Å²) in [5.41, 5.74) is 0.989. The SMILES string of the molecule is CON=C(C(=O)OC)c1c(Oc2ccccc2)c(C)nn1C. The van der Waals surface area contributed by atoms with Crippen molar-refractivity contribution in [2.24, 2.45) is 12.2 Å². The number of ether oxygens (including phenoxy) is 2. The number of rotatable bonds is 5. The van der Waals surface area contributed by atoms with Crippen LogP contribution < -0.4 is 4.74 Å². The van der Waals surface area contributed by atoms with Crippen molar-refractivity contribution in [1.29, 1.82) is 0 Å². The number of aryl methyl sites for hydroxylation is 2. The van der Waals surface area contributed by atoms with Gasteiger partial charge in [-0.05, 0) is 19.1 Å². The molecule has 1 aromatic heterocycles. The third-order valence-corrected chi connectivity index (χ3v) is 2.92. The zero-order valence-electron chi connectivity index (χ0n) is 12.9. The smallest absolute Gasteiger partial charge is 0.362 e. The van der Waals surface area contributed by atoms with Crippen molar-refractivity contribution in [3.8, 4) is 11.5 Å². The van der Waals surface area contributed by atoms with E-state index in [-0.39, 0.29) is 5.71 Å². The first-order valence-corrected chi connectivity index (χ1v) is 6.54. The lowest BCUT2D eigenvalue weighted by molar-refractivity contribution is -0.132. The van der Waals surface area contributed by atoms with Crippen molar-refractivity contribution in [2.45, 2.75) is 6.92 Å². The molecule has 2 aromatic rings. The highest BCUT2D eigenvalue weighted by Gasteiger charge is 2.27. The first kappa shape index (κ1) is 15.6. The molecule has 7 nitrogen and oxygen atoms in total. The van der Waals surface area contributed by atoms with Gasteiger partial charge in [0.05, 0.1) is 7.11 Å². The number of methoxy groups -OCH3 is 1. The summed E-state index contributed by atoms with van der Waals surface area (Å²) < 4.78 is 12.1. The van der Waals surface area contributed by atoms with Crippen molar-refractivity contribution >= 4 is 11.7 Å². The van der Waals surface area contributed by atoms with Crippen molar-refractivity contribution in [3.05, 3.63) is 41.7 Å². The van der Waals surface area contributed by atoms with Crippen LogP contribution in [0.15, 0.2) is 35.5 Å². The van der Waals surface area contributed by atoms with E-state index in [1.54, 1.807) is 14.0 Å². The maximum absolute atomic E-state index is 11.9. The molecular formula is C15H17N3O4.